The molecule has 1 aromatic carbocycles. The van der Waals surface area contributed by atoms with Gasteiger partial charge in [-0.2, -0.15) is 0 Å². The molecule has 0 saturated heterocycles. The lowest BCUT2D eigenvalue weighted by Crippen LogP contribution is -2.50. The molecule has 0 amide bonds. The summed E-state index contributed by atoms with van der Waals surface area (Å²) in [6, 6.07) is 5.11. The maximum atomic E-state index is 11.0. The van der Waals surface area contributed by atoms with Gasteiger partial charge in [-0.05, 0) is 43.5 Å². The summed E-state index contributed by atoms with van der Waals surface area (Å²) in [4.78, 5) is 11.0. The molecule has 1 unspecified atom stereocenters. The van der Waals surface area contributed by atoms with E-state index in [2.05, 4.69) is 34.6 Å². The Morgan fingerprint density at radius 2 is 1.89 bits per heavy atom. The van der Waals surface area contributed by atoms with Crippen molar-refractivity contribution in [1.29, 1.82) is 0 Å². The molecule has 3 heteroatoms. The molecule has 1 aromatic rings. The molecule has 1 heterocycles. The fourth-order valence-corrected chi connectivity index (χ4v) is 2.43. The first-order chi connectivity index (χ1) is 8.17. The molecule has 18 heavy (non-hydrogen) atoms. The number of rotatable bonds is 1. The SMILES string of the molecule is CC1c2cc(C(=O)O)ccc2OC(C)(C)C1(C)C. The summed E-state index contributed by atoms with van der Waals surface area (Å²) in [5.41, 5.74) is 0.973. The monoisotopic (exact) mass is 248 g/mol. The van der Waals surface area contributed by atoms with Gasteiger partial charge < -0.3 is 9.84 Å². The van der Waals surface area contributed by atoms with Crippen LogP contribution in [0.2, 0.25) is 0 Å². The lowest BCUT2D eigenvalue weighted by molar-refractivity contribution is -0.0431. The van der Waals surface area contributed by atoms with Crippen LogP contribution >= 0.6 is 0 Å². The van der Waals surface area contributed by atoms with Crippen molar-refractivity contribution in [2.45, 2.75) is 46.1 Å². The number of carbonyl (C=O) groups is 1. The molecule has 0 radical (unpaired) electrons. The third kappa shape index (κ3) is 1.69. The van der Waals surface area contributed by atoms with Crippen LogP contribution in [0.4, 0.5) is 0 Å². The molecule has 0 aliphatic carbocycles. The molecule has 0 fully saturated rings. The molecular weight excluding hydrogens is 228 g/mol. The van der Waals surface area contributed by atoms with E-state index in [1.165, 1.54) is 0 Å². The number of hydrogen-bond acceptors (Lipinski definition) is 2. The maximum Gasteiger partial charge on any atom is 0.335 e. The van der Waals surface area contributed by atoms with E-state index < -0.39 is 5.97 Å². The Morgan fingerprint density at radius 1 is 1.28 bits per heavy atom. The highest BCUT2D eigenvalue weighted by Crippen LogP contribution is 2.52. The van der Waals surface area contributed by atoms with Gasteiger partial charge in [0.1, 0.15) is 11.4 Å². The number of carboxylic acids is 1. The van der Waals surface area contributed by atoms with Gasteiger partial charge in [-0.3, -0.25) is 0 Å². The second kappa shape index (κ2) is 3.74. The predicted octanol–water partition coefficient (Wildman–Crippen LogP) is 3.69. The van der Waals surface area contributed by atoms with Crippen LogP contribution in [0.3, 0.4) is 0 Å². The van der Waals surface area contributed by atoms with Gasteiger partial charge in [-0.15, -0.1) is 0 Å². The minimum absolute atomic E-state index is 0.0584. The van der Waals surface area contributed by atoms with Crippen molar-refractivity contribution < 1.29 is 14.6 Å². The van der Waals surface area contributed by atoms with Gasteiger partial charge in [0.2, 0.25) is 0 Å². The van der Waals surface area contributed by atoms with Gasteiger partial charge in [0, 0.05) is 5.41 Å². The van der Waals surface area contributed by atoms with Crippen LogP contribution in [0, 0.1) is 5.41 Å². The van der Waals surface area contributed by atoms with Crippen molar-refractivity contribution in [2.24, 2.45) is 5.41 Å². The van der Waals surface area contributed by atoms with E-state index in [9.17, 15) is 4.79 Å². The first-order valence-corrected chi connectivity index (χ1v) is 6.23. The second-order valence-electron chi connectivity index (χ2n) is 6.11. The Bertz CT molecular complexity index is 500. The summed E-state index contributed by atoms with van der Waals surface area (Å²) in [7, 11) is 0. The first kappa shape index (κ1) is 12.9. The summed E-state index contributed by atoms with van der Waals surface area (Å²) in [5.74, 6) is 0.153. The smallest absolute Gasteiger partial charge is 0.335 e. The lowest BCUT2D eigenvalue weighted by Gasteiger charge is -2.50. The zero-order valence-corrected chi connectivity index (χ0v) is 11.6. The van der Waals surface area contributed by atoms with E-state index in [1.54, 1.807) is 18.2 Å². The molecule has 0 saturated carbocycles. The number of fused-ring (bicyclic) bond motifs is 1. The third-order valence-corrected chi connectivity index (χ3v) is 4.72. The van der Waals surface area contributed by atoms with Crippen LogP contribution in [-0.2, 0) is 0 Å². The molecule has 1 N–H and O–H groups in total. The highest BCUT2D eigenvalue weighted by atomic mass is 16.5. The molecule has 2 rings (SSSR count). The molecule has 0 spiro atoms. The van der Waals surface area contributed by atoms with E-state index in [0.29, 0.717) is 5.56 Å². The average Bonchev–Trinajstić information content (AvgIpc) is 2.26. The normalized spacial score (nSPS) is 23.9. The highest BCUT2D eigenvalue weighted by molar-refractivity contribution is 5.88. The largest absolute Gasteiger partial charge is 0.487 e. The van der Waals surface area contributed by atoms with Gasteiger partial charge in [-0.25, -0.2) is 4.79 Å². The van der Waals surface area contributed by atoms with Gasteiger partial charge >= 0.3 is 5.97 Å². The second-order valence-corrected chi connectivity index (χ2v) is 6.11. The molecule has 0 aromatic heterocycles. The summed E-state index contributed by atoms with van der Waals surface area (Å²) in [5, 5.41) is 9.06. The van der Waals surface area contributed by atoms with Gasteiger partial charge in [-0.1, -0.05) is 20.8 Å². The Labute approximate surface area is 108 Å². The average molecular weight is 248 g/mol. The molecule has 1 aliphatic rings. The van der Waals surface area contributed by atoms with Crippen molar-refractivity contribution in [1.82, 2.24) is 0 Å². The fraction of sp³-hybridized carbons (Fsp3) is 0.533. The zero-order valence-electron chi connectivity index (χ0n) is 11.6. The molecule has 3 nitrogen and oxygen atoms in total. The summed E-state index contributed by atoms with van der Waals surface area (Å²) in [6.45, 7) is 10.6. The lowest BCUT2D eigenvalue weighted by atomic mass is 9.64. The van der Waals surface area contributed by atoms with E-state index in [-0.39, 0.29) is 16.9 Å². The van der Waals surface area contributed by atoms with Crippen molar-refractivity contribution >= 4 is 5.97 Å². The van der Waals surface area contributed by atoms with E-state index in [1.807, 2.05) is 0 Å². The molecule has 0 bridgehead atoms. The van der Waals surface area contributed by atoms with E-state index in [4.69, 9.17) is 9.84 Å². The number of carboxylic acid groups (broad SMARTS) is 1. The van der Waals surface area contributed by atoms with Crippen LogP contribution < -0.4 is 4.74 Å². The molecule has 1 atom stereocenters. The van der Waals surface area contributed by atoms with E-state index >= 15 is 0 Å². The van der Waals surface area contributed by atoms with Gasteiger partial charge in [0.25, 0.3) is 0 Å². The molecular formula is C15H20O3. The maximum absolute atomic E-state index is 11.0. The Balaban J connectivity index is 2.57. The van der Waals surface area contributed by atoms with Crippen LogP contribution in [0.25, 0.3) is 0 Å². The van der Waals surface area contributed by atoms with Crippen LogP contribution in [0.1, 0.15) is 56.5 Å². The molecule has 1 aliphatic heterocycles. The third-order valence-electron chi connectivity index (χ3n) is 4.72. The van der Waals surface area contributed by atoms with Gasteiger partial charge in [0.05, 0.1) is 5.56 Å². The predicted molar refractivity (Wildman–Crippen MR) is 70.3 cm³/mol. The Hall–Kier alpha value is -1.51. The van der Waals surface area contributed by atoms with Crippen molar-refractivity contribution in [3.05, 3.63) is 29.3 Å². The number of ether oxygens (including phenoxy) is 1. The standard InChI is InChI=1S/C15H20O3/c1-9-11-8-10(13(16)17)6-7-12(11)18-15(4,5)14(9,2)3/h6-9H,1-5H3,(H,16,17). The van der Waals surface area contributed by atoms with Crippen LogP contribution in [-0.4, -0.2) is 16.7 Å². The van der Waals surface area contributed by atoms with Crippen molar-refractivity contribution in [2.75, 3.05) is 0 Å². The minimum atomic E-state index is -0.896. The quantitative estimate of drug-likeness (QED) is 0.824. The minimum Gasteiger partial charge on any atom is -0.487 e. The van der Waals surface area contributed by atoms with Crippen LogP contribution in [0.15, 0.2) is 18.2 Å². The van der Waals surface area contributed by atoms with E-state index in [0.717, 1.165) is 11.3 Å². The number of benzene rings is 1. The van der Waals surface area contributed by atoms with Gasteiger partial charge in [0.15, 0.2) is 0 Å². The van der Waals surface area contributed by atoms with Crippen LogP contribution in [0.5, 0.6) is 5.75 Å². The summed E-state index contributed by atoms with van der Waals surface area (Å²) < 4.78 is 6.05. The Kier molecular flexibility index (Phi) is 2.69. The zero-order chi connectivity index (χ0) is 13.7. The Morgan fingerprint density at radius 3 is 2.44 bits per heavy atom. The first-order valence-electron chi connectivity index (χ1n) is 6.23. The molecule has 98 valence electrons. The highest BCUT2D eigenvalue weighted by Gasteiger charge is 2.48. The van der Waals surface area contributed by atoms with Crippen molar-refractivity contribution in [3.63, 3.8) is 0 Å². The summed E-state index contributed by atoms with van der Waals surface area (Å²) in [6.07, 6.45) is 0. The number of aromatic carboxylic acids is 1. The summed E-state index contributed by atoms with van der Waals surface area (Å²) >= 11 is 0. The topological polar surface area (TPSA) is 46.5 Å². The van der Waals surface area contributed by atoms with Crippen molar-refractivity contribution in [3.8, 4) is 5.75 Å². The fourth-order valence-electron chi connectivity index (χ4n) is 2.43. The number of hydrogen-bond donors (Lipinski definition) is 1.